The third-order valence-corrected chi connectivity index (χ3v) is 3.35. The van der Waals surface area contributed by atoms with E-state index in [2.05, 4.69) is 17.5 Å². The van der Waals surface area contributed by atoms with Crippen molar-refractivity contribution in [2.24, 2.45) is 0 Å². The summed E-state index contributed by atoms with van der Waals surface area (Å²) in [4.78, 5) is 12.0. The summed E-state index contributed by atoms with van der Waals surface area (Å²) in [6, 6.07) is 3.33. The van der Waals surface area contributed by atoms with Gasteiger partial charge in [0.25, 0.3) is 0 Å². The average Bonchev–Trinajstić information content (AvgIpc) is 2.96. The Bertz CT molecular complexity index is 535. The molecule has 4 heteroatoms. The van der Waals surface area contributed by atoms with Gasteiger partial charge in [-0.15, -0.1) is 0 Å². The Morgan fingerprint density at radius 3 is 2.82 bits per heavy atom. The maximum absolute atomic E-state index is 12.0. The van der Waals surface area contributed by atoms with Gasteiger partial charge in [0.15, 0.2) is 0 Å². The Labute approximate surface area is 132 Å². The van der Waals surface area contributed by atoms with Gasteiger partial charge in [0.05, 0.1) is 6.26 Å². The first-order valence-electron chi connectivity index (χ1n) is 7.84. The molecule has 1 atom stereocenters. The largest absolute Gasteiger partial charge is 0.467 e. The number of rotatable bonds is 4. The van der Waals surface area contributed by atoms with Crippen LogP contribution in [0.25, 0.3) is 0 Å². The topological polar surface area (TPSA) is 51.5 Å². The van der Waals surface area contributed by atoms with Crippen LogP contribution in [0.4, 0.5) is 4.79 Å². The lowest BCUT2D eigenvalue weighted by Crippen LogP contribution is -2.34. The first kappa shape index (κ1) is 16.4. The number of hydrogen-bond acceptors (Lipinski definition) is 3. The smallest absolute Gasteiger partial charge is 0.408 e. The maximum Gasteiger partial charge on any atom is 0.408 e. The quantitative estimate of drug-likeness (QED) is 0.860. The van der Waals surface area contributed by atoms with Crippen LogP contribution in [-0.4, -0.2) is 11.7 Å². The molecule has 1 N–H and O–H groups in total. The van der Waals surface area contributed by atoms with Gasteiger partial charge in [0.1, 0.15) is 17.4 Å². The summed E-state index contributed by atoms with van der Waals surface area (Å²) in [5.74, 6) is 0.693. The van der Waals surface area contributed by atoms with Crippen LogP contribution in [0.1, 0.15) is 58.3 Å². The fourth-order valence-electron chi connectivity index (χ4n) is 2.35. The van der Waals surface area contributed by atoms with Crippen LogP contribution in [0, 0.1) is 0 Å². The van der Waals surface area contributed by atoms with E-state index in [4.69, 9.17) is 9.15 Å². The molecule has 0 unspecified atom stereocenters. The summed E-state index contributed by atoms with van der Waals surface area (Å²) in [6.45, 7) is 5.53. The Kier molecular flexibility index (Phi) is 5.47. The van der Waals surface area contributed by atoms with Crippen LogP contribution in [-0.2, 0) is 4.74 Å². The first-order chi connectivity index (χ1) is 10.4. The van der Waals surface area contributed by atoms with E-state index in [1.165, 1.54) is 18.4 Å². The lowest BCUT2D eigenvalue weighted by Gasteiger charge is -2.21. The zero-order valence-corrected chi connectivity index (χ0v) is 13.6. The summed E-state index contributed by atoms with van der Waals surface area (Å²) < 4.78 is 10.7. The van der Waals surface area contributed by atoms with Gasteiger partial charge in [-0.25, -0.2) is 4.79 Å². The van der Waals surface area contributed by atoms with Crippen molar-refractivity contribution < 1.29 is 13.9 Å². The second-order valence-electron chi connectivity index (χ2n) is 6.52. The van der Waals surface area contributed by atoms with Crippen LogP contribution in [0.2, 0.25) is 0 Å². The van der Waals surface area contributed by atoms with Gasteiger partial charge in [-0.2, -0.15) is 0 Å². The highest BCUT2D eigenvalue weighted by Gasteiger charge is 2.20. The third-order valence-electron chi connectivity index (χ3n) is 3.35. The number of nitrogens with one attached hydrogen (secondary N) is 1. The fraction of sp³-hybridized carbons (Fsp3) is 0.500. The van der Waals surface area contributed by atoms with Crippen molar-refractivity contribution in [3.63, 3.8) is 0 Å². The van der Waals surface area contributed by atoms with E-state index >= 15 is 0 Å². The predicted molar refractivity (Wildman–Crippen MR) is 86.5 cm³/mol. The van der Waals surface area contributed by atoms with E-state index < -0.39 is 11.7 Å². The normalized spacial score (nSPS) is 17.1. The number of furan rings is 1. The minimum atomic E-state index is -0.520. The highest BCUT2D eigenvalue weighted by Crippen LogP contribution is 2.21. The molecule has 0 aromatic carbocycles. The molecule has 120 valence electrons. The molecule has 0 aliphatic heterocycles. The molecule has 1 aliphatic rings. The number of alkyl carbamates (subject to hydrolysis) is 1. The molecule has 22 heavy (non-hydrogen) atoms. The average molecular weight is 303 g/mol. The van der Waals surface area contributed by atoms with Crippen molar-refractivity contribution in [2.45, 2.75) is 58.1 Å². The van der Waals surface area contributed by atoms with Crippen LogP contribution in [0.15, 0.2) is 46.6 Å². The van der Waals surface area contributed by atoms with Crippen molar-refractivity contribution in [1.82, 2.24) is 5.32 Å². The van der Waals surface area contributed by atoms with Crippen molar-refractivity contribution in [3.05, 3.63) is 48.0 Å². The number of ether oxygens (including phenoxy) is 1. The van der Waals surface area contributed by atoms with E-state index in [1.807, 2.05) is 39.0 Å². The van der Waals surface area contributed by atoms with Crippen molar-refractivity contribution in [1.29, 1.82) is 0 Å². The van der Waals surface area contributed by atoms with E-state index in [-0.39, 0.29) is 6.04 Å². The van der Waals surface area contributed by atoms with Crippen molar-refractivity contribution in [2.75, 3.05) is 0 Å². The lowest BCUT2D eigenvalue weighted by atomic mass is 9.98. The van der Waals surface area contributed by atoms with Gasteiger partial charge in [-0.3, -0.25) is 0 Å². The Morgan fingerprint density at radius 2 is 2.23 bits per heavy atom. The Hall–Kier alpha value is -1.97. The number of carbonyl (C=O) groups excluding carboxylic acids is 1. The van der Waals surface area contributed by atoms with Crippen molar-refractivity contribution >= 4 is 6.09 Å². The van der Waals surface area contributed by atoms with E-state index in [0.717, 1.165) is 12.8 Å². The summed E-state index contributed by atoms with van der Waals surface area (Å²) in [5.41, 5.74) is 0.793. The molecule has 0 radical (unpaired) electrons. The van der Waals surface area contributed by atoms with Crippen molar-refractivity contribution in [3.8, 4) is 0 Å². The molecule has 1 heterocycles. The number of allylic oxidation sites excluding steroid dienone is 3. The van der Waals surface area contributed by atoms with Crippen LogP contribution >= 0.6 is 0 Å². The third kappa shape index (κ3) is 5.43. The minimum absolute atomic E-state index is 0.326. The molecule has 0 bridgehead atoms. The number of carbonyl (C=O) groups is 1. The van der Waals surface area contributed by atoms with Gasteiger partial charge in [-0.05, 0) is 58.6 Å². The standard InChI is InChI=1S/C18H25NO3/c1-18(2,3)22-17(20)19-15(16-10-7-13-21-16)12-11-14-8-5-4-6-9-14/h7-8,10-13,15H,4-6,9H2,1-3H3,(H,19,20)/b12-11+/t15-/m1/s1. The summed E-state index contributed by atoms with van der Waals surface area (Å²) in [5, 5.41) is 2.85. The van der Waals surface area contributed by atoms with Gasteiger partial charge in [0.2, 0.25) is 0 Å². The molecule has 2 rings (SSSR count). The highest BCUT2D eigenvalue weighted by atomic mass is 16.6. The Morgan fingerprint density at radius 1 is 1.41 bits per heavy atom. The van der Waals surface area contributed by atoms with Gasteiger partial charge >= 0.3 is 6.09 Å². The van der Waals surface area contributed by atoms with E-state index in [1.54, 1.807) is 6.26 Å². The molecular formula is C18H25NO3. The molecule has 0 fully saturated rings. The monoisotopic (exact) mass is 303 g/mol. The summed E-state index contributed by atoms with van der Waals surface area (Å²) >= 11 is 0. The molecule has 0 spiro atoms. The minimum Gasteiger partial charge on any atom is -0.467 e. The summed E-state index contributed by atoms with van der Waals surface area (Å²) in [7, 11) is 0. The van der Waals surface area contributed by atoms with E-state index in [0.29, 0.717) is 5.76 Å². The molecule has 1 aromatic rings. The predicted octanol–water partition coefficient (Wildman–Crippen LogP) is 4.90. The van der Waals surface area contributed by atoms with Crippen LogP contribution in [0.5, 0.6) is 0 Å². The van der Waals surface area contributed by atoms with E-state index in [9.17, 15) is 4.79 Å². The molecule has 1 aromatic heterocycles. The molecule has 1 amide bonds. The molecule has 1 aliphatic carbocycles. The first-order valence-corrected chi connectivity index (χ1v) is 7.84. The van der Waals surface area contributed by atoms with Gasteiger partial charge in [0, 0.05) is 0 Å². The van der Waals surface area contributed by atoms with Crippen LogP contribution < -0.4 is 5.32 Å². The molecular weight excluding hydrogens is 278 g/mol. The molecule has 0 saturated carbocycles. The Balaban J connectivity index is 2.05. The van der Waals surface area contributed by atoms with Crippen LogP contribution in [0.3, 0.4) is 0 Å². The lowest BCUT2D eigenvalue weighted by molar-refractivity contribution is 0.0509. The number of hydrogen-bond donors (Lipinski definition) is 1. The maximum atomic E-state index is 12.0. The second kappa shape index (κ2) is 7.34. The summed E-state index contributed by atoms with van der Waals surface area (Å²) in [6.07, 6.45) is 12.1. The molecule has 0 saturated heterocycles. The van der Waals surface area contributed by atoms with Gasteiger partial charge < -0.3 is 14.5 Å². The molecule has 4 nitrogen and oxygen atoms in total. The highest BCUT2D eigenvalue weighted by molar-refractivity contribution is 5.68. The SMILES string of the molecule is CC(C)(C)OC(=O)N[C@H](/C=C/C1=CCCCC1)c1ccco1. The van der Waals surface area contributed by atoms with Gasteiger partial charge in [-0.1, -0.05) is 23.8 Å². The fourth-order valence-corrected chi connectivity index (χ4v) is 2.35. The zero-order valence-electron chi connectivity index (χ0n) is 13.6. The number of amides is 1. The zero-order chi connectivity index (χ0) is 16.0. The second-order valence-corrected chi connectivity index (χ2v) is 6.52.